The van der Waals surface area contributed by atoms with Crippen molar-refractivity contribution in [1.29, 1.82) is 0 Å². The van der Waals surface area contributed by atoms with Gasteiger partial charge in [0, 0.05) is 13.5 Å². The van der Waals surface area contributed by atoms with Gasteiger partial charge in [-0.3, -0.25) is 4.31 Å². The van der Waals surface area contributed by atoms with Gasteiger partial charge in [0.2, 0.25) is 0 Å². The minimum Gasteiger partial charge on any atom is -0.290 e. The fourth-order valence-corrected chi connectivity index (χ4v) is 0.949. The van der Waals surface area contributed by atoms with Crippen LogP contribution in [0.1, 0.15) is 13.3 Å². The first-order chi connectivity index (χ1) is 4.33. The van der Waals surface area contributed by atoms with Gasteiger partial charge in [0.05, 0.1) is 12.1 Å². The van der Waals surface area contributed by atoms with Crippen LogP contribution >= 0.6 is 12.1 Å². The van der Waals surface area contributed by atoms with E-state index in [0.29, 0.717) is 0 Å². The first kappa shape index (κ1) is 6.61. The lowest BCUT2D eigenvalue weighted by Gasteiger charge is -2.11. The summed E-state index contributed by atoms with van der Waals surface area (Å²) in [5, 5.41) is 0. The van der Waals surface area contributed by atoms with E-state index in [4.69, 9.17) is 0 Å². The Kier molecular flexibility index (Phi) is 2.10. The Labute approximate surface area is 59.1 Å². The maximum absolute atomic E-state index is 4.09. The van der Waals surface area contributed by atoms with E-state index in [0.717, 1.165) is 12.3 Å². The molecule has 0 aromatic rings. The second kappa shape index (κ2) is 2.87. The van der Waals surface area contributed by atoms with Gasteiger partial charge in [0.1, 0.15) is 12.2 Å². The highest BCUT2D eigenvalue weighted by molar-refractivity contribution is 7.96. The predicted molar refractivity (Wildman–Crippen MR) is 41.6 cm³/mol. The lowest BCUT2D eigenvalue weighted by molar-refractivity contribution is 0.866. The van der Waals surface area contributed by atoms with Gasteiger partial charge in [-0.2, -0.15) is 4.40 Å². The molecule has 0 fully saturated rings. The maximum Gasteiger partial charge on any atom is 0.140 e. The van der Waals surface area contributed by atoms with Crippen LogP contribution in [0.2, 0.25) is 0 Å². The lowest BCUT2D eigenvalue weighted by atomic mass is 10.5. The summed E-state index contributed by atoms with van der Waals surface area (Å²) >= 11 is 1.42. The van der Waals surface area contributed by atoms with E-state index in [1.807, 2.05) is 18.3 Å². The third-order valence-electron chi connectivity index (χ3n) is 0.961. The molecule has 0 radical (unpaired) electrons. The Morgan fingerprint density at radius 1 is 1.78 bits per heavy atom. The fourth-order valence-electron chi connectivity index (χ4n) is 0.460. The highest BCUT2D eigenvalue weighted by Crippen LogP contribution is 2.11. The molecule has 3 nitrogen and oxygen atoms in total. The first-order valence-electron chi connectivity index (χ1n) is 2.84. The fraction of sp³-hybridized carbons (Fsp3) is 0.600. The molecule has 0 saturated carbocycles. The predicted octanol–water partition coefficient (Wildman–Crippen LogP) is 1.33. The quantitative estimate of drug-likeness (QED) is 0.518. The first-order valence-corrected chi connectivity index (χ1v) is 3.57. The molecule has 1 rings (SSSR count). The molecule has 0 saturated heterocycles. The van der Waals surface area contributed by atoms with E-state index >= 15 is 0 Å². The van der Waals surface area contributed by atoms with Crippen molar-refractivity contribution in [2.45, 2.75) is 13.3 Å². The molecule has 0 N–H and O–H groups in total. The SMILES string of the molecule is CCC1=NSN(C)C=N1. The molecule has 0 spiro atoms. The summed E-state index contributed by atoms with van der Waals surface area (Å²) in [5.41, 5.74) is 0. The van der Waals surface area contributed by atoms with Crippen LogP contribution < -0.4 is 0 Å². The number of amidine groups is 1. The minimum atomic E-state index is 0.914. The molecule has 0 unspecified atom stereocenters. The van der Waals surface area contributed by atoms with E-state index in [1.165, 1.54) is 12.1 Å². The van der Waals surface area contributed by atoms with Gasteiger partial charge in [-0.15, -0.1) is 0 Å². The molecule has 0 aromatic heterocycles. The highest BCUT2D eigenvalue weighted by Gasteiger charge is 2.00. The lowest BCUT2D eigenvalue weighted by Crippen LogP contribution is -2.10. The molecule has 1 aliphatic rings. The van der Waals surface area contributed by atoms with Crippen molar-refractivity contribution in [2.75, 3.05) is 7.05 Å². The summed E-state index contributed by atoms with van der Waals surface area (Å²) in [7, 11) is 1.92. The van der Waals surface area contributed by atoms with E-state index in [1.54, 1.807) is 6.34 Å². The van der Waals surface area contributed by atoms with E-state index in [-0.39, 0.29) is 0 Å². The number of hydrogen-bond acceptors (Lipinski definition) is 4. The Balaban J connectivity index is 2.52. The molecule has 4 heteroatoms. The number of nitrogens with zero attached hydrogens (tertiary/aromatic N) is 3. The molecule has 0 aromatic carbocycles. The van der Waals surface area contributed by atoms with Crippen molar-refractivity contribution in [3.8, 4) is 0 Å². The molecular formula is C5H9N3S. The van der Waals surface area contributed by atoms with Crippen LogP contribution in [-0.2, 0) is 0 Å². The standard InChI is InChI=1S/C5H9N3S/c1-3-5-6-4-8(2)9-7-5/h4H,3H2,1-2H3. The minimum absolute atomic E-state index is 0.914. The van der Waals surface area contributed by atoms with Gasteiger partial charge in [-0.25, -0.2) is 4.99 Å². The molecule has 1 aliphatic heterocycles. The molecule has 0 amide bonds. The van der Waals surface area contributed by atoms with Gasteiger partial charge >= 0.3 is 0 Å². The second-order valence-corrected chi connectivity index (χ2v) is 2.66. The van der Waals surface area contributed by atoms with Crippen molar-refractivity contribution in [3.05, 3.63) is 0 Å². The van der Waals surface area contributed by atoms with Crippen molar-refractivity contribution < 1.29 is 0 Å². The third kappa shape index (κ3) is 1.71. The average molecular weight is 143 g/mol. The Hall–Kier alpha value is -0.510. The zero-order chi connectivity index (χ0) is 6.69. The molecule has 1 heterocycles. The maximum atomic E-state index is 4.09. The van der Waals surface area contributed by atoms with Crippen LogP contribution in [0.3, 0.4) is 0 Å². The van der Waals surface area contributed by atoms with Crippen LogP contribution in [-0.4, -0.2) is 23.5 Å². The van der Waals surface area contributed by atoms with Gasteiger partial charge < -0.3 is 0 Å². The molecule has 0 bridgehead atoms. The van der Waals surface area contributed by atoms with Crippen molar-refractivity contribution in [2.24, 2.45) is 9.39 Å². The van der Waals surface area contributed by atoms with Crippen LogP contribution in [0.4, 0.5) is 0 Å². The van der Waals surface area contributed by atoms with E-state index in [2.05, 4.69) is 9.39 Å². The van der Waals surface area contributed by atoms with E-state index < -0.39 is 0 Å². The summed E-state index contributed by atoms with van der Waals surface area (Å²) in [5.74, 6) is 0.915. The van der Waals surface area contributed by atoms with Crippen LogP contribution in [0.25, 0.3) is 0 Å². The Morgan fingerprint density at radius 3 is 3.00 bits per heavy atom. The normalized spacial score (nSPS) is 18.0. The number of rotatable bonds is 1. The van der Waals surface area contributed by atoms with Crippen LogP contribution in [0.5, 0.6) is 0 Å². The monoisotopic (exact) mass is 143 g/mol. The zero-order valence-electron chi connectivity index (χ0n) is 5.53. The second-order valence-electron chi connectivity index (χ2n) is 1.73. The van der Waals surface area contributed by atoms with Crippen molar-refractivity contribution in [1.82, 2.24) is 4.31 Å². The Morgan fingerprint density at radius 2 is 2.56 bits per heavy atom. The summed E-state index contributed by atoms with van der Waals surface area (Å²) in [6, 6.07) is 0. The molecule has 0 aliphatic carbocycles. The molecule has 50 valence electrons. The van der Waals surface area contributed by atoms with Crippen molar-refractivity contribution >= 4 is 24.3 Å². The largest absolute Gasteiger partial charge is 0.290 e. The summed E-state index contributed by atoms with van der Waals surface area (Å²) in [6.07, 6.45) is 2.69. The topological polar surface area (TPSA) is 28.0 Å². The summed E-state index contributed by atoms with van der Waals surface area (Å²) in [6.45, 7) is 2.04. The average Bonchev–Trinajstić information content (AvgIpc) is 1.90. The van der Waals surface area contributed by atoms with Crippen LogP contribution in [0.15, 0.2) is 9.39 Å². The molecule has 0 atom stereocenters. The highest BCUT2D eigenvalue weighted by atomic mass is 32.2. The van der Waals surface area contributed by atoms with Gasteiger partial charge in [0.25, 0.3) is 0 Å². The summed E-state index contributed by atoms with van der Waals surface area (Å²) < 4.78 is 5.95. The van der Waals surface area contributed by atoms with Gasteiger partial charge in [0.15, 0.2) is 0 Å². The molecular weight excluding hydrogens is 134 g/mol. The Bertz CT molecular complexity index is 152. The summed E-state index contributed by atoms with van der Waals surface area (Å²) in [4.78, 5) is 4.06. The molecule has 9 heavy (non-hydrogen) atoms. The number of hydrogen-bond donors (Lipinski definition) is 0. The van der Waals surface area contributed by atoms with Gasteiger partial charge in [-0.1, -0.05) is 6.92 Å². The number of aliphatic imine (C=N–C) groups is 1. The van der Waals surface area contributed by atoms with Crippen LogP contribution in [0, 0.1) is 0 Å². The van der Waals surface area contributed by atoms with E-state index in [9.17, 15) is 0 Å². The smallest absolute Gasteiger partial charge is 0.140 e. The van der Waals surface area contributed by atoms with Crippen molar-refractivity contribution in [3.63, 3.8) is 0 Å². The van der Waals surface area contributed by atoms with Gasteiger partial charge in [-0.05, 0) is 0 Å². The third-order valence-corrected chi connectivity index (χ3v) is 1.60. The zero-order valence-corrected chi connectivity index (χ0v) is 6.35.